The maximum Gasteiger partial charge on any atom is 0.275 e. The minimum Gasteiger partial charge on any atom is -0.369 e. The first-order valence-electron chi connectivity index (χ1n) is 7.15. The number of rotatable bonds is 5. The van der Waals surface area contributed by atoms with Crippen molar-refractivity contribution < 1.29 is 4.79 Å². The lowest BCUT2D eigenvalue weighted by molar-refractivity contribution is 0.102. The Morgan fingerprint density at radius 1 is 1.23 bits per heavy atom. The second-order valence-electron chi connectivity index (χ2n) is 5.11. The highest BCUT2D eigenvalue weighted by Crippen LogP contribution is 2.27. The molecular formula is C16H19ClN4O. The second-order valence-corrected chi connectivity index (χ2v) is 5.51. The molecule has 0 saturated heterocycles. The fourth-order valence-electron chi connectivity index (χ4n) is 2.04. The maximum atomic E-state index is 12.2. The van der Waals surface area contributed by atoms with Gasteiger partial charge in [-0.05, 0) is 37.5 Å². The molecule has 2 N–H and O–H groups in total. The molecule has 2 rings (SSSR count). The molecule has 0 radical (unpaired) electrons. The van der Waals surface area contributed by atoms with Crippen molar-refractivity contribution in [3.8, 4) is 0 Å². The quantitative estimate of drug-likeness (QED) is 0.879. The van der Waals surface area contributed by atoms with Crippen molar-refractivity contribution in [1.82, 2.24) is 9.97 Å². The molecule has 0 atom stereocenters. The fourth-order valence-corrected chi connectivity index (χ4v) is 2.41. The third-order valence-corrected chi connectivity index (χ3v) is 3.41. The number of carbonyl (C=O) groups is 1. The van der Waals surface area contributed by atoms with E-state index < -0.39 is 0 Å². The van der Waals surface area contributed by atoms with E-state index in [1.807, 2.05) is 26.0 Å². The first-order valence-corrected chi connectivity index (χ1v) is 7.53. The summed E-state index contributed by atoms with van der Waals surface area (Å²) < 4.78 is 0. The Morgan fingerprint density at radius 2 is 2.00 bits per heavy atom. The maximum absolute atomic E-state index is 12.2. The molecule has 0 aliphatic carbocycles. The van der Waals surface area contributed by atoms with Crippen molar-refractivity contribution in [1.29, 1.82) is 0 Å². The summed E-state index contributed by atoms with van der Waals surface area (Å²) >= 11 is 6.19. The number of aryl methyl sites for hydroxylation is 2. The molecule has 1 aromatic heterocycles. The molecular weight excluding hydrogens is 300 g/mol. The van der Waals surface area contributed by atoms with E-state index in [0.29, 0.717) is 16.5 Å². The molecule has 0 bridgehead atoms. The smallest absolute Gasteiger partial charge is 0.275 e. The van der Waals surface area contributed by atoms with Gasteiger partial charge in [0, 0.05) is 6.54 Å². The number of hydrogen-bond acceptors (Lipinski definition) is 4. The van der Waals surface area contributed by atoms with Crippen LogP contribution in [-0.4, -0.2) is 22.4 Å². The van der Waals surface area contributed by atoms with Gasteiger partial charge in [0.2, 0.25) is 0 Å². The Hall–Kier alpha value is -2.14. The Kier molecular flexibility index (Phi) is 5.33. The predicted octanol–water partition coefficient (Wildman–Crippen LogP) is 3.82. The summed E-state index contributed by atoms with van der Waals surface area (Å²) in [6, 6.07) is 3.78. The SMILES string of the molecule is CCCNc1cnc(C(=O)Nc2c(C)cc(C)cc2Cl)cn1. The highest BCUT2D eigenvalue weighted by Gasteiger charge is 2.12. The number of anilines is 2. The van der Waals surface area contributed by atoms with Crippen LogP contribution in [0.5, 0.6) is 0 Å². The summed E-state index contributed by atoms with van der Waals surface area (Å²) in [7, 11) is 0. The normalized spacial score (nSPS) is 10.4. The molecule has 0 aliphatic heterocycles. The molecule has 0 aliphatic rings. The Morgan fingerprint density at radius 3 is 2.59 bits per heavy atom. The standard InChI is InChI=1S/C16H19ClN4O/c1-4-5-18-14-9-19-13(8-20-14)16(22)21-15-11(3)6-10(2)7-12(15)17/h6-9H,4-5H2,1-3H3,(H,18,20)(H,21,22). The van der Waals surface area contributed by atoms with E-state index in [9.17, 15) is 4.79 Å². The van der Waals surface area contributed by atoms with E-state index in [-0.39, 0.29) is 11.6 Å². The minimum atomic E-state index is -0.330. The van der Waals surface area contributed by atoms with Gasteiger partial charge in [0.25, 0.3) is 5.91 Å². The van der Waals surface area contributed by atoms with E-state index in [2.05, 4.69) is 27.5 Å². The van der Waals surface area contributed by atoms with Crippen LogP contribution in [0, 0.1) is 13.8 Å². The van der Waals surface area contributed by atoms with Gasteiger partial charge >= 0.3 is 0 Å². The van der Waals surface area contributed by atoms with Gasteiger partial charge < -0.3 is 10.6 Å². The summed E-state index contributed by atoms with van der Waals surface area (Å²) in [6.45, 7) is 6.74. The Labute approximate surface area is 135 Å². The van der Waals surface area contributed by atoms with Gasteiger partial charge in [-0.2, -0.15) is 0 Å². The lowest BCUT2D eigenvalue weighted by Crippen LogP contribution is -2.15. The van der Waals surface area contributed by atoms with Crippen LogP contribution in [0.4, 0.5) is 11.5 Å². The molecule has 0 unspecified atom stereocenters. The fraction of sp³-hybridized carbons (Fsp3) is 0.312. The number of amides is 1. The molecule has 0 fully saturated rings. The topological polar surface area (TPSA) is 66.9 Å². The van der Waals surface area contributed by atoms with Gasteiger partial charge in [-0.3, -0.25) is 4.79 Å². The van der Waals surface area contributed by atoms with Gasteiger partial charge in [0.05, 0.1) is 23.1 Å². The lowest BCUT2D eigenvalue weighted by atomic mass is 10.1. The van der Waals surface area contributed by atoms with E-state index in [1.54, 1.807) is 6.20 Å². The second kappa shape index (κ2) is 7.22. The molecule has 6 heteroatoms. The van der Waals surface area contributed by atoms with Crippen molar-refractivity contribution in [2.24, 2.45) is 0 Å². The van der Waals surface area contributed by atoms with E-state index in [1.165, 1.54) is 6.20 Å². The molecule has 1 aromatic carbocycles. The van der Waals surface area contributed by atoms with Gasteiger partial charge in [0.1, 0.15) is 11.5 Å². The molecule has 1 amide bonds. The number of halogens is 1. The van der Waals surface area contributed by atoms with Crippen LogP contribution in [0.2, 0.25) is 5.02 Å². The first-order chi connectivity index (χ1) is 10.5. The molecule has 116 valence electrons. The van der Waals surface area contributed by atoms with Gasteiger partial charge in [-0.15, -0.1) is 0 Å². The van der Waals surface area contributed by atoms with Gasteiger partial charge in [-0.1, -0.05) is 24.6 Å². The zero-order valence-corrected chi connectivity index (χ0v) is 13.7. The number of hydrogen-bond donors (Lipinski definition) is 2. The summed E-state index contributed by atoms with van der Waals surface area (Å²) in [6.07, 6.45) is 3.99. The molecule has 2 aromatic rings. The molecule has 1 heterocycles. The number of aromatic nitrogens is 2. The van der Waals surface area contributed by atoms with Crippen molar-refractivity contribution in [2.45, 2.75) is 27.2 Å². The highest BCUT2D eigenvalue weighted by atomic mass is 35.5. The number of carbonyl (C=O) groups excluding carboxylic acids is 1. The van der Waals surface area contributed by atoms with Crippen molar-refractivity contribution in [3.63, 3.8) is 0 Å². The van der Waals surface area contributed by atoms with E-state index in [0.717, 1.165) is 24.1 Å². The summed E-state index contributed by atoms with van der Waals surface area (Å²) in [5.74, 6) is 0.325. The van der Waals surface area contributed by atoms with Crippen LogP contribution >= 0.6 is 11.6 Å². The van der Waals surface area contributed by atoms with Crippen LogP contribution in [0.25, 0.3) is 0 Å². The first kappa shape index (κ1) is 16.2. The lowest BCUT2D eigenvalue weighted by Gasteiger charge is -2.11. The molecule has 0 spiro atoms. The monoisotopic (exact) mass is 318 g/mol. The molecule has 0 saturated carbocycles. The highest BCUT2D eigenvalue weighted by molar-refractivity contribution is 6.34. The van der Waals surface area contributed by atoms with E-state index in [4.69, 9.17) is 11.6 Å². The van der Waals surface area contributed by atoms with Crippen molar-refractivity contribution in [3.05, 3.63) is 46.4 Å². The number of nitrogens with one attached hydrogen (secondary N) is 2. The molecule has 22 heavy (non-hydrogen) atoms. The number of nitrogens with zero attached hydrogens (tertiary/aromatic N) is 2. The predicted molar refractivity (Wildman–Crippen MR) is 89.7 cm³/mol. The van der Waals surface area contributed by atoms with Crippen LogP contribution < -0.4 is 10.6 Å². The zero-order chi connectivity index (χ0) is 16.1. The zero-order valence-electron chi connectivity index (χ0n) is 12.9. The van der Waals surface area contributed by atoms with Gasteiger partial charge in [0.15, 0.2) is 0 Å². The summed E-state index contributed by atoms with van der Waals surface area (Å²) in [5, 5.41) is 6.41. The van der Waals surface area contributed by atoms with Crippen LogP contribution in [0.15, 0.2) is 24.5 Å². The average Bonchev–Trinajstić information content (AvgIpc) is 2.49. The summed E-state index contributed by atoms with van der Waals surface area (Å²) in [4.78, 5) is 20.5. The molecule has 5 nitrogen and oxygen atoms in total. The number of benzene rings is 1. The van der Waals surface area contributed by atoms with Crippen molar-refractivity contribution >= 4 is 29.0 Å². The minimum absolute atomic E-state index is 0.248. The van der Waals surface area contributed by atoms with Crippen molar-refractivity contribution in [2.75, 3.05) is 17.2 Å². The third-order valence-electron chi connectivity index (χ3n) is 3.11. The van der Waals surface area contributed by atoms with Crippen LogP contribution in [0.1, 0.15) is 35.0 Å². The Balaban J connectivity index is 2.12. The third kappa shape index (κ3) is 3.95. The summed E-state index contributed by atoms with van der Waals surface area (Å²) in [5.41, 5.74) is 2.81. The van der Waals surface area contributed by atoms with Crippen LogP contribution in [0.3, 0.4) is 0 Å². The average molecular weight is 319 g/mol. The van der Waals surface area contributed by atoms with Crippen LogP contribution in [-0.2, 0) is 0 Å². The largest absolute Gasteiger partial charge is 0.369 e. The van der Waals surface area contributed by atoms with E-state index >= 15 is 0 Å². The Bertz CT molecular complexity index is 647. The van der Waals surface area contributed by atoms with Gasteiger partial charge in [-0.25, -0.2) is 9.97 Å².